The van der Waals surface area contributed by atoms with Gasteiger partial charge < -0.3 is 20.2 Å². The molecule has 2 unspecified atom stereocenters. The molecule has 1 aliphatic heterocycles. The van der Waals surface area contributed by atoms with Crippen molar-refractivity contribution in [3.8, 4) is 11.5 Å². The third kappa shape index (κ3) is 5.20. The fourth-order valence-electron chi connectivity index (χ4n) is 5.62. The summed E-state index contributed by atoms with van der Waals surface area (Å²) in [6.45, 7) is 8.93. The maximum Gasteiger partial charge on any atom is 0.321 e. The number of aliphatic carboxylic acids is 1. The average Bonchev–Trinajstić information content (AvgIpc) is 3.38. The highest BCUT2D eigenvalue weighted by atomic mass is 16.4. The first kappa shape index (κ1) is 24.4. The Bertz CT molecular complexity index is 832. The minimum Gasteiger partial charge on any atom is -0.508 e. The van der Waals surface area contributed by atoms with E-state index in [0.717, 1.165) is 12.8 Å². The molecular formula is C25H38N2O5. The first-order valence-corrected chi connectivity index (χ1v) is 11.9. The van der Waals surface area contributed by atoms with Crippen LogP contribution in [0.25, 0.3) is 0 Å². The molecule has 7 heteroatoms. The van der Waals surface area contributed by atoms with Gasteiger partial charge in [0.1, 0.15) is 17.5 Å². The van der Waals surface area contributed by atoms with E-state index in [1.165, 1.54) is 18.9 Å². The largest absolute Gasteiger partial charge is 0.508 e. The van der Waals surface area contributed by atoms with Crippen LogP contribution in [0.15, 0.2) is 12.1 Å². The Kier molecular flexibility index (Phi) is 7.70. The molecule has 0 aromatic heterocycles. The fraction of sp³-hybridized carbons (Fsp3) is 0.680. The number of nitrogens with one attached hydrogen (secondary N) is 1. The van der Waals surface area contributed by atoms with Crippen LogP contribution < -0.4 is 5.32 Å². The maximum absolute atomic E-state index is 13.1. The van der Waals surface area contributed by atoms with Crippen LogP contribution >= 0.6 is 0 Å². The van der Waals surface area contributed by atoms with E-state index in [0.29, 0.717) is 31.0 Å². The highest BCUT2D eigenvalue weighted by Crippen LogP contribution is 2.38. The van der Waals surface area contributed by atoms with Crippen molar-refractivity contribution in [1.29, 1.82) is 0 Å². The molecule has 1 heterocycles. The van der Waals surface area contributed by atoms with E-state index in [9.17, 15) is 24.9 Å². The van der Waals surface area contributed by atoms with Gasteiger partial charge in [-0.15, -0.1) is 0 Å². The van der Waals surface area contributed by atoms with Gasteiger partial charge in [0.25, 0.3) is 5.91 Å². The maximum atomic E-state index is 13.1. The van der Waals surface area contributed by atoms with Crippen LogP contribution in [0.2, 0.25) is 0 Å². The Morgan fingerprint density at radius 1 is 1.03 bits per heavy atom. The number of carboxylic acids is 1. The molecule has 3 rings (SSSR count). The Morgan fingerprint density at radius 3 is 2.25 bits per heavy atom. The second kappa shape index (κ2) is 10.1. The van der Waals surface area contributed by atoms with Gasteiger partial charge in [-0.2, -0.15) is 0 Å². The summed E-state index contributed by atoms with van der Waals surface area (Å²) in [5, 5.41) is 33.7. The molecule has 0 radical (unpaired) electrons. The molecule has 1 aromatic rings. The summed E-state index contributed by atoms with van der Waals surface area (Å²) in [6.07, 6.45) is 5.17. The molecule has 1 aliphatic carbocycles. The number of rotatable bonds is 8. The van der Waals surface area contributed by atoms with Crippen molar-refractivity contribution in [1.82, 2.24) is 10.2 Å². The molecule has 1 aromatic carbocycles. The summed E-state index contributed by atoms with van der Waals surface area (Å²) in [5.74, 6) is -0.622. The van der Waals surface area contributed by atoms with Gasteiger partial charge in [-0.1, -0.05) is 53.4 Å². The van der Waals surface area contributed by atoms with Crippen molar-refractivity contribution < 1.29 is 24.9 Å². The highest BCUT2D eigenvalue weighted by molar-refractivity contribution is 5.97. The number of carbonyl (C=O) groups excluding carboxylic acids is 1. The molecule has 0 spiro atoms. The number of likely N-dealkylation sites (tertiary alicyclic amines) is 1. The molecule has 1 saturated heterocycles. The van der Waals surface area contributed by atoms with Crippen LogP contribution in [0.1, 0.15) is 81.6 Å². The van der Waals surface area contributed by atoms with Crippen molar-refractivity contribution in [3.63, 3.8) is 0 Å². The molecule has 2 fully saturated rings. The number of carbonyl (C=O) groups is 2. The zero-order chi connectivity index (χ0) is 23.6. The molecule has 1 amide bonds. The van der Waals surface area contributed by atoms with Gasteiger partial charge in [0.05, 0.1) is 5.56 Å². The lowest BCUT2D eigenvalue weighted by molar-refractivity contribution is -0.142. The monoisotopic (exact) mass is 446 g/mol. The summed E-state index contributed by atoms with van der Waals surface area (Å²) >= 11 is 0. The number of phenolic OH excluding ortho intramolecular Hbond substituents is 2. The standard InChI is InChI=1S/C25H38N2O5/c1-14(2)18-11-19(21(29)12-20(18)28)24(30)27-10-9-17(13-27)26-23(25(31)32)22(15(3)4)16-7-5-6-8-16/h11-12,14-17,22-23,26,28-29H,5-10,13H2,1-4H3,(H,31,32)/t17?,22?,23-/m1/s1. The number of carboxylic acid groups (broad SMARTS) is 1. The summed E-state index contributed by atoms with van der Waals surface area (Å²) < 4.78 is 0. The van der Waals surface area contributed by atoms with Crippen LogP contribution in [0.5, 0.6) is 11.5 Å². The van der Waals surface area contributed by atoms with E-state index < -0.39 is 12.0 Å². The number of phenols is 2. The number of benzene rings is 1. The SMILES string of the molecule is CC(C)c1cc(C(=O)N2CCC(N[C@@H](C(=O)O)C(C(C)C)C3CCCC3)C2)c(O)cc1O. The first-order valence-electron chi connectivity index (χ1n) is 11.9. The molecule has 1 saturated carbocycles. The lowest BCUT2D eigenvalue weighted by Crippen LogP contribution is -2.52. The fourth-order valence-corrected chi connectivity index (χ4v) is 5.62. The number of hydrogen-bond acceptors (Lipinski definition) is 5. The van der Waals surface area contributed by atoms with Crippen LogP contribution in [-0.4, -0.2) is 57.3 Å². The van der Waals surface area contributed by atoms with Gasteiger partial charge in [-0.3, -0.25) is 14.9 Å². The quantitative estimate of drug-likeness (QED) is 0.481. The van der Waals surface area contributed by atoms with E-state index in [1.54, 1.807) is 11.0 Å². The van der Waals surface area contributed by atoms with Crippen LogP contribution in [0.4, 0.5) is 0 Å². The third-order valence-electron chi connectivity index (χ3n) is 7.25. The zero-order valence-electron chi connectivity index (χ0n) is 19.7. The van der Waals surface area contributed by atoms with E-state index >= 15 is 0 Å². The van der Waals surface area contributed by atoms with Gasteiger partial charge in [0.15, 0.2) is 0 Å². The first-order chi connectivity index (χ1) is 15.1. The minimum atomic E-state index is -0.821. The van der Waals surface area contributed by atoms with Gasteiger partial charge in [0, 0.05) is 25.2 Å². The zero-order valence-corrected chi connectivity index (χ0v) is 19.7. The van der Waals surface area contributed by atoms with Crippen molar-refractivity contribution in [2.24, 2.45) is 17.8 Å². The lowest BCUT2D eigenvalue weighted by Gasteiger charge is -2.34. The highest BCUT2D eigenvalue weighted by Gasteiger charge is 2.40. The molecule has 0 bridgehead atoms. The second-order valence-electron chi connectivity index (χ2n) is 10.2. The molecular weight excluding hydrogens is 408 g/mol. The van der Waals surface area contributed by atoms with Crippen molar-refractivity contribution in [3.05, 3.63) is 23.3 Å². The van der Waals surface area contributed by atoms with Crippen molar-refractivity contribution in [2.75, 3.05) is 13.1 Å². The van der Waals surface area contributed by atoms with Gasteiger partial charge in [-0.05, 0) is 41.7 Å². The van der Waals surface area contributed by atoms with E-state index in [1.807, 2.05) is 13.8 Å². The second-order valence-corrected chi connectivity index (χ2v) is 10.2. The average molecular weight is 447 g/mol. The number of amides is 1. The number of aromatic hydroxyl groups is 2. The summed E-state index contributed by atoms with van der Waals surface area (Å²) in [4.78, 5) is 27.0. The summed E-state index contributed by atoms with van der Waals surface area (Å²) in [5.41, 5.74) is 0.787. The van der Waals surface area contributed by atoms with Crippen molar-refractivity contribution >= 4 is 11.9 Å². The molecule has 2 aliphatic rings. The summed E-state index contributed by atoms with van der Waals surface area (Å²) in [6, 6.07) is 2.05. The minimum absolute atomic E-state index is 0.00928. The van der Waals surface area contributed by atoms with E-state index in [-0.39, 0.29) is 46.8 Å². The number of hydrogen-bond donors (Lipinski definition) is 4. The Morgan fingerprint density at radius 2 is 1.69 bits per heavy atom. The lowest BCUT2D eigenvalue weighted by atomic mass is 9.77. The smallest absolute Gasteiger partial charge is 0.321 e. The summed E-state index contributed by atoms with van der Waals surface area (Å²) in [7, 11) is 0. The molecule has 178 valence electrons. The van der Waals surface area contributed by atoms with Crippen LogP contribution in [0.3, 0.4) is 0 Å². The third-order valence-corrected chi connectivity index (χ3v) is 7.25. The molecule has 32 heavy (non-hydrogen) atoms. The Labute approximate surface area is 190 Å². The van der Waals surface area contributed by atoms with E-state index in [2.05, 4.69) is 19.2 Å². The predicted molar refractivity (Wildman–Crippen MR) is 123 cm³/mol. The van der Waals surface area contributed by atoms with Crippen molar-refractivity contribution in [2.45, 2.75) is 77.8 Å². The molecule has 3 atom stereocenters. The van der Waals surface area contributed by atoms with Gasteiger partial charge in [0.2, 0.25) is 0 Å². The molecule has 4 N–H and O–H groups in total. The Balaban J connectivity index is 1.72. The van der Waals surface area contributed by atoms with E-state index in [4.69, 9.17) is 0 Å². The topological polar surface area (TPSA) is 110 Å². The van der Waals surface area contributed by atoms with Crippen LogP contribution in [-0.2, 0) is 4.79 Å². The normalized spacial score (nSPS) is 21.4. The van der Waals surface area contributed by atoms with Gasteiger partial charge >= 0.3 is 5.97 Å². The molecule has 7 nitrogen and oxygen atoms in total. The number of nitrogens with zero attached hydrogens (tertiary/aromatic N) is 1. The predicted octanol–water partition coefficient (Wildman–Crippen LogP) is 3.94. The van der Waals surface area contributed by atoms with Crippen LogP contribution in [0, 0.1) is 17.8 Å². The van der Waals surface area contributed by atoms with Gasteiger partial charge in [-0.25, -0.2) is 0 Å². The Hall–Kier alpha value is -2.28.